The van der Waals surface area contributed by atoms with Crippen molar-refractivity contribution in [2.24, 2.45) is 29.6 Å². The molecule has 4 nitrogen and oxygen atoms in total. The summed E-state index contributed by atoms with van der Waals surface area (Å²) >= 11 is 0. The van der Waals surface area contributed by atoms with Crippen molar-refractivity contribution < 1.29 is 9.90 Å². The van der Waals surface area contributed by atoms with Gasteiger partial charge in [-0.15, -0.1) is 0 Å². The fraction of sp³-hybridized carbons (Fsp3) is 0.973. The van der Waals surface area contributed by atoms with Gasteiger partial charge in [-0.2, -0.15) is 0 Å². The molecule has 0 aromatic rings. The molecule has 0 heterocycles. The molecule has 41 heavy (non-hydrogen) atoms. The minimum Gasteiger partial charge on any atom is -0.392 e. The van der Waals surface area contributed by atoms with Gasteiger partial charge in [0.05, 0.1) is 12.0 Å². The van der Waals surface area contributed by atoms with E-state index in [1.54, 1.807) is 0 Å². The van der Waals surface area contributed by atoms with Crippen LogP contribution in [-0.4, -0.2) is 46.2 Å². The number of carbonyl (C=O) groups is 1. The minimum absolute atomic E-state index is 0.158. The van der Waals surface area contributed by atoms with Crippen LogP contribution in [-0.2, 0) is 4.79 Å². The monoisotopic (exact) mass is 568 g/mol. The lowest BCUT2D eigenvalue weighted by molar-refractivity contribution is -0.134. The molecule has 0 spiro atoms. The summed E-state index contributed by atoms with van der Waals surface area (Å²) in [5.41, 5.74) is 0. The number of nitrogens with one attached hydrogen (secondary N) is 1. The topological polar surface area (TPSA) is 52.6 Å². The van der Waals surface area contributed by atoms with E-state index in [1.807, 2.05) is 0 Å². The predicted octanol–water partition coefficient (Wildman–Crippen LogP) is 8.55. The van der Waals surface area contributed by atoms with Gasteiger partial charge in [-0.25, -0.2) is 0 Å². The summed E-state index contributed by atoms with van der Waals surface area (Å²) in [6.45, 7) is 0. The van der Waals surface area contributed by atoms with E-state index in [9.17, 15) is 9.90 Å². The lowest BCUT2D eigenvalue weighted by atomic mass is 9.66. The molecule has 4 unspecified atom stereocenters. The first kappa shape index (κ1) is 30.4. The highest BCUT2D eigenvalue weighted by Crippen LogP contribution is 2.43. The van der Waals surface area contributed by atoms with Crippen molar-refractivity contribution in [1.82, 2.24) is 10.2 Å². The molecule has 0 aromatic carbocycles. The van der Waals surface area contributed by atoms with Crippen molar-refractivity contribution in [3.63, 3.8) is 0 Å². The Hall–Kier alpha value is -0.610. The average Bonchev–Trinajstić information content (AvgIpc) is 3.02. The number of nitrogens with zero attached hydrogens (tertiary/aromatic N) is 1. The molecule has 6 aliphatic carbocycles. The Labute approximate surface area is 252 Å². The van der Waals surface area contributed by atoms with E-state index in [1.165, 1.54) is 141 Å². The second kappa shape index (κ2) is 14.9. The van der Waals surface area contributed by atoms with E-state index in [-0.39, 0.29) is 11.8 Å². The first-order chi connectivity index (χ1) is 20.1. The first-order valence-electron chi connectivity index (χ1n) is 18.9. The average molecular weight is 569 g/mol. The Morgan fingerprint density at radius 2 is 1.02 bits per heavy atom. The zero-order chi connectivity index (χ0) is 28.0. The third-order valence-corrected chi connectivity index (χ3v) is 13.4. The molecular formula is C37H64N2O2. The third kappa shape index (κ3) is 7.92. The highest BCUT2D eigenvalue weighted by molar-refractivity contribution is 5.79. The first-order valence-corrected chi connectivity index (χ1v) is 18.9. The van der Waals surface area contributed by atoms with E-state index < -0.39 is 6.10 Å². The van der Waals surface area contributed by atoms with Crippen molar-refractivity contribution in [1.29, 1.82) is 0 Å². The normalized spacial score (nSPS) is 39.8. The fourth-order valence-electron chi connectivity index (χ4n) is 10.9. The van der Waals surface area contributed by atoms with Crippen LogP contribution in [0.4, 0.5) is 0 Å². The van der Waals surface area contributed by atoms with Crippen molar-refractivity contribution in [2.45, 2.75) is 197 Å². The van der Waals surface area contributed by atoms with Gasteiger partial charge in [-0.05, 0) is 114 Å². The lowest BCUT2D eigenvalue weighted by Gasteiger charge is -2.48. The summed E-state index contributed by atoms with van der Waals surface area (Å²) in [4.78, 5) is 16.3. The number of carbonyl (C=O) groups excluding carboxylic acids is 1. The smallest absolute Gasteiger partial charge is 0.225 e. The van der Waals surface area contributed by atoms with Crippen LogP contribution >= 0.6 is 0 Å². The molecule has 4 atom stereocenters. The Bertz CT molecular complexity index is 771. The highest BCUT2D eigenvalue weighted by atomic mass is 16.3. The molecular weight excluding hydrogens is 504 g/mol. The SMILES string of the molecule is O=C(NC1CCC(CCC2CCC(N(C3CCCCC3)C3CCCCC3)CC2)CC1)C1CC2CCCCC2CC1O. The standard InChI is InChI=1S/C37H64N2O2/c40-36-26-30-10-8-7-9-29(30)25-35(36)37(41)38-31-21-17-27(18-22-31)15-16-28-19-23-34(24-20-28)39(32-11-3-1-4-12-32)33-13-5-2-6-14-33/h27-36,40H,1-26H2,(H,38,41). The van der Waals surface area contributed by atoms with E-state index >= 15 is 0 Å². The van der Waals surface area contributed by atoms with E-state index in [2.05, 4.69) is 10.2 Å². The van der Waals surface area contributed by atoms with Gasteiger partial charge in [0.1, 0.15) is 0 Å². The van der Waals surface area contributed by atoms with Gasteiger partial charge in [0.25, 0.3) is 0 Å². The maximum absolute atomic E-state index is 13.2. The van der Waals surface area contributed by atoms with Gasteiger partial charge < -0.3 is 10.4 Å². The zero-order valence-electron chi connectivity index (χ0n) is 26.5. The molecule has 0 bridgehead atoms. The number of fused-ring (bicyclic) bond motifs is 1. The number of hydrogen-bond donors (Lipinski definition) is 2. The fourth-order valence-corrected chi connectivity index (χ4v) is 10.9. The van der Waals surface area contributed by atoms with Gasteiger partial charge in [0.2, 0.25) is 5.91 Å². The molecule has 0 saturated heterocycles. The molecule has 6 fully saturated rings. The largest absolute Gasteiger partial charge is 0.392 e. The maximum Gasteiger partial charge on any atom is 0.225 e. The van der Waals surface area contributed by atoms with Gasteiger partial charge >= 0.3 is 0 Å². The van der Waals surface area contributed by atoms with E-state index in [0.717, 1.165) is 55.6 Å². The van der Waals surface area contributed by atoms with Gasteiger partial charge in [-0.3, -0.25) is 9.69 Å². The van der Waals surface area contributed by atoms with Gasteiger partial charge in [0.15, 0.2) is 0 Å². The number of amides is 1. The Morgan fingerprint density at radius 1 is 0.561 bits per heavy atom. The maximum atomic E-state index is 13.2. The Balaban J connectivity index is 0.898. The highest BCUT2D eigenvalue weighted by Gasteiger charge is 2.41. The molecule has 6 saturated carbocycles. The molecule has 4 heteroatoms. The van der Waals surface area contributed by atoms with E-state index in [4.69, 9.17) is 0 Å². The van der Waals surface area contributed by atoms with Gasteiger partial charge in [0, 0.05) is 24.2 Å². The summed E-state index contributed by atoms with van der Waals surface area (Å²) in [6.07, 6.45) is 34.8. The molecule has 0 radical (unpaired) electrons. The van der Waals surface area contributed by atoms with Crippen molar-refractivity contribution in [3.05, 3.63) is 0 Å². The zero-order valence-corrected chi connectivity index (χ0v) is 26.5. The summed E-state index contributed by atoms with van der Waals surface area (Å²) in [5, 5.41) is 14.2. The Morgan fingerprint density at radius 3 is 1.59 bits per heavy atom. The summed E-state index contributed by atoms with van der Waals surface area (Å²) in [6, 6.07) is 3.02. The van der Waals surface area contributed by atoms with Crippen LogP contribution in [0.25, 0.3) is 0 Å². The van der Waals surface area contributed by atoms with Crippen molar-refractivity contribution in [3.8, 4) is 0 Å². The molecule has 234 valence electrons. The van der Waals surface area contributed by atoms with Crippen LogP contribution in [0.3, 0.4) is 0 Å². The van der Waals surface area contributed by atoms with E-state index in [0.29, 0.717) is 17.9 Å². The predicted molar refractivity (Wildman–Crippen MR) is 169 cm³/mol. The third-order valence-electron chi connectivity index (χ3n) is 13.4. The molecule has 6 aliphatic rings. The Kier molecular flexibility index (Phi) is 11.1. The number of aliphatic hydroxyl groups is 1. The number of aliphatic hydroxyl groups excluding tert-OH is 1. The van der Waals surface area contributed by atoms with Crippen LogP contribution in [0.5, 0.6) is 0 Å². The van der Waals surface area contributed by atoms with Crippen LogP contribution < -0.4 is 5.32 Å². The van der Waals surface area contributed by atoms with Crippen molar-refractivity contribution in [2.75, 3.05) is 0 Å². The van der Waals surface area contributed by atoms with Crippen LogP contribution in [0, 0.1) is 29.6 Å². The van der Waals surface area contributed by atoms with Crippen LogP contribution in [0.15, 0.2) is 0 Å². The number of hydrogen-bond acceptors (Lipinski definition) is 3. The van der Waals surface area contributed by atoms with Crippen molar-refractivity contribution >= 4 is 5.91 Å². The molecule has 0 aromatic heterocycles. The molecule has 6 rings (SSSR count). The lowest BCUT2D eigenvalue weighted by Crippen LogP contribution is -2.52. The van der Waals surface area contributed by atoms with Gasteiger partial charge in [-0.1, -0.05) is 77.0 Å². The summed E-state index contributed by atoms with van der Waals surface area (Å²) in [7, 11) is 0. The summed E-state index contributed by atoms with van der Waals surface area (Å²) in [5.74, 6) is 3.17. The molecule has 1 amide bonds. The molecule has 0 aliphatic heterocycles. The second-order valence-electron chi connectivity index (χ2n) is 16.0. The molecule has 2 N–H and O–H groups in total. The number of rotatable bonds is 8. The quantitative estimate of drug-likeness (QED) is 0.308. The second-order valence-corrected chi connectivity index (χ2v) is 16.0. The minimum atomic E-state index is -0.418. The van der Waals surface area contributed by atoms with Crippen LogP contribution in [0.1, 0.15) is 167 Å². The van der Waals surface area contributed by atoms with Crippen LogP contribution in [0.2, 0.25) is 0 Å². The summed E-state index contributed by atoms with van der Waals surface area (Å²) < 4.78 is 0.